The summed E-state index contributed by atoms with van der Waals surface area (Å²) >= 11 is 5.08. The molecule has 106 valence electrons. The fourth-order valence-electron chi connectivity index (χ4n) is 2.20. The van der Waals surface area contributed by atoms with Crippen LogP contribution in [0, 0.1) is 0 Å². The van der Waals surface area contributed by atoms with Crippen molar-refractivity contribution in [2.45, 2.75) is 25.9 Å². The Balaban J connectivity index is 1.90. The zero-order valence-electron chi connectivity index (χ0n) is 11.3. The Morgan fingerprint density at radius 1 is 1.53 bits per heavy atom. The molecule has 19 heavy (non-hydrogen) atoms. The molecule has 1 aromatic heterocycles. The van der Waals surface area contributed by atoms with Crippen molar-refractivity contribution in [3.8, 4) is 0 Å². The minimum Gasteiger partial charge on any atom is -0.350 e. The highest BCUT2D eigenvalue weighted by molar-refractivity contribution is 9.10. The van der Waals surface area contributed by atoms with Crippen molar-refractivity contribution in [1.82, 2.24) is 15.5 Å². The zero-order chi connectivity index (χ0) is 13.9. The average molecular weight is 346 g/mol. The van der Waals surface area contributed by atoms with Crippen LogP contribution in [0.25, 0.3) is 0 Å². The number of halogens is 1. The highest BCUT2D eigenvalue weighted by Crippen LogP contribution is 2.20. The van der Waals surface area contributed by atoms with Gasteiger partial charge in [0.2, 0.25) is 5.91 Å². The summed E-state index contributed by atoms with van der Waals surface area (Å²) in [4.78, 5) is 15.8. The predicted molar refractivity (Wildman–Crippen MR) is 82.4 cm³/mol. The first kappa shape index (κ1) is 15.0. The maximum Gasteiger partial charge on any atom is 0.240 e. The molecule has 2 rings (SSSR count). The number of carbonyl (C=O) groups is 1. The molecule has 1 aliphatic rings. The van der Waals surface area contributed by atoms with Gasteiger partial charge in [0.1, 0.15) is 0 Å². The van der Waals surface area contributed by atoms with E-state index in [0.29, 0.717) is 6.54 Å². The summed E-state index contributed by atoms with van der Waals surface area (Å²) in [5.74, 6) is 0.0962. The molecule has 0 bridgehead atoms. The third kappa shape index (κ3) is 3.78. The van der Waals surface area contributed by atoms with Gasteiger partial charge in [-0.25, -0.2) is 0 Å². The number of nitrogens with one attached hydrogen (secondary N) is 2. The summed E-state index contributed by atoms with van der Waals surface area (Å²) in [6, 6.07) is 2.04. The Morgan fingerprint density at radius 3 is 2.79 bits per heavy atom. The molecule has 4 nitrogen and oxygen atoms in total. The van der Waals surface area contributed by atoms with Gasteiger partial charge in [0.25, 0.3) is 0 Å². The lowest BCUT2D eigenvalue weighted by Crippen LogP contribution is -2.59. The first-order valence-electron chi connectivity index (χ1n) is 6.47. The highest BCUT2D eigenvalue weighted by atomic mass is 79.9. The monoisotopic (exact) mass is 345 g/mol. The van der Waals surface area contributed by atoms with Crippen molar-refractivity contribution >= 4 is 33.2 Å². The summed E-state index contributed by atoms with van der Waals surface area (Å²) in [6.07, 6.45) is 0. The Bertz CT molecular complexity index is 441. The summed E-state index contributed by atoms with van der Waals surface area (Å²) in [7, 11) is 0. The van der Waals surface area contributed by atoms with Crippen molar-refractivity contribution in [3.05, 3.63) is 20.8 Å². The van der Waals surface area contributed by atoms with E-state index in [1.165, 1.54) is 0 Å². The van der Waals surface area contributed by atoms with Gasteiger partial charge in [-0.3, -0.25) is 9.69 Å². The second-order valence-corrected chi connectivity index (χ2v) is 7.12. The van der Waals surface area contributed by atoms with Gasteiger partial charge in [0.15, 0.2) is 0 Å². The lowest BCUT2D eigenvalue weighted by Gasteiger charge is -2.39. The molecule has 2 N–H and O–H groups in total. The molecule has 1 saturated heterocycles. The van der Waals surface area contributed by atoms with Crippen molar-refractivity contribution < 1.29 is 4.79 Å². The number of piperazine rings is 1. The van der Waals surface area contributed by atoms with Gasteiger partial charge in [-0.15, -0.1) is 11.3 Å². The molecule has 0 saturated carbocycles. The number of rotatable bonds is 4. The number of nitrogens with zero attached hydrogens (tertiary/aromatic N) is 1. The minimum absolute atomic E-state index is 0.0962. The van der Waals surface area contributed by atoms with E-state index in [4.69, 9.17) is 0 Å². The summed E-state index contributed by atoms with van der Waals surface area (Å²) in [5.41, 5.74) is -0.448. The highest BCUT2D eigenvalue weighted by Gasteiger charge is 2.34. The van der Waals surface area contributed by atoms with Crippen LogP contribution in [0.3, 0.4) is 0 Å². The molecule has 0 atom stereocenters. The largest absolute Gasteiger partial charge is 0.350 e. The van der Waals surface area contributed by atoms with Crippen LogP contribution in [0.4, 0.5) is 0 Å². The molecule has 0 aromatic carbocycles. The molecule has 1 fully saturated rings. The molecule has 2 heterocycles. The Labute approximate surface area is 126 Å². The molecule has 0 spiro atoms. The molecular formula is C13H20BrN3OS. The maximum absolute atomic E-state index is 12.4. The van der Waals surface area contributed by atoms with Gasteiger partial charge in [0, 0.05) is 40.9 Å². The van der Waals surface area contributed by atoms with E-state index in [9.17, 15) is 4.79 Å². The number of hydrogen-bond acceptors (Lipinski definition) is 4. The summed E-state index contributed by atoms with van der Waals surface area (Å²) in [5, 5.41) is 8.38. The Hall–Kier alpha value is -0.430. The average Bonchev–Trinajstić information content (AvgIpc) is 2.82. The smallest absolute Gasteiger partial charge is 0.240 e. The predicted octanol–water partition coefficient (Wildman–Crippen LogP) is 1.81. The minimum atomic E-state index is -0.448. The molecule has 0 radical (unpaired) electrons. The standard InChI is InChI=1S/C13H20BrN3OS/c1-13(2,17-5-3-15-4-6-17)12(18)16-8-11-7-10(14)9-19-11/h7,9,15H,3-6,8H2,1-2H3,(H,16,18). The third-order valence-corrected chi connectivity index (χ3v) is 5.21. The van der Waals surface area contributed by atoms with Crippen LogP contribution < -0.4 is 10.6 Å². The van der Waals surface area contributed by atoms with Crippen LogP contribution in [0.15, 0.2) is 15.9 Å². The molecule has 0 aliphatic carbocycles. The van der Waals surface area contributed by atoms with Crippen molar-refractivity contribution in [1.29, 1.82) is 0 Å². The van der Waals surface area contributed by atoms with E-state index in [-0.39, 0.29) is 5.91 Å². The molecule has 1 aliphatic heterocycles. The number of carbonyl (C=O) groups excluding carboxylic acids is 1. The molecule has 0 unspecified atom stereocenters. The molecule has 6 heteroatoms. The lowest BCUT2D eigenvalue weighted by molar-refractivity contribution is -0.132. The summed E-state index contributed by atoms with van der Waals surface area (Å²) < 4.78 is 1.07. The van der Waals surface area contributed by atoms with E-state index < -0.39 is 5.54 Å². The van der Waals surface area contributed by atoms with Crippen LogP contribution >= 0.6 is 27.3 Å². The van der Waals surface area contributed by atoms with Gasteiger partial charge in [0.05, 0.1) is 12.1 Å². The van der Waals surface area contributed by atoms with Gasteiger partial charge in [-0.2, -0.15) is 0 Å². The topological polar surface area (TPSA) is 44.4 Å². The van der Waals surface area contributed by atoms with Gasteiger partial charge in [-0.1, -0.05) is 0 Å². The molecule has 1 amide bonds. The SMILES string of the molecule is CC(C)(C(=O)NCc1cc(Br)cs1)N1CCNCC1. The second kappa shape index (κ2) is 6.35. The number of amides is 1. The van der Waals surface area contributed by atoms with E-state index in [2.05, 4.69) is 31.5 Å². The van der Waals surface area contributed by atoms with Crippen molar-refractivity contribution in [3.63, 3.8) is 0 Å². The van der Waals surface area contributed by atoms with E-state index >= 15 is 0 Å². The van der Waals surface area contributed by atoms with Crippen LogP contribution in [0.5, 0.6) is 0 Å². The number of hydrogen-bond donors (Lipinski definition) is 2. The Morgan fingerprint density at radius 2 is 2.21 bits per heavy atom. The zero-order valence-corrected chi connectivity index (χ0v) is 13.7. The first-order valence-corrected chi connectivity index (χ1v) is 8.14. The third-order valence-electron chi connectivity index (χ3n) is 3.51. The quantitative estimate of drug-likeness (QED) is 0.874. The van der Waals surface area contributed by atoms with E-state index in [1.54, 1.807) is 11.3 Å². The Kier molecular flexibility index (Phi) is 5.00. The molecular weight excluding hydrogens is 326 g/mol. The van der Waals surface area contributed by atoms with Gasteiger partial charge >= 0.3 is 0 Å². The van der Waals surface area contributed by atoms with E-state index in [1.807, 2.05) is 25.3 Å². The summed E-state index contributed by atoms with van der Waals surface area (Å²) in [6.45, 7) is 8.35. The van der Waals surface area contributed by atoms with E-state index in [0.717, 1.165) is 35.5 Å². The fourth-order valence-corrected chi connectivity index (χ4v) is 3.59. The normalized spacial score (nSPS) is 17.4. The fraction of sp³-hybridized carbons (Fsp3) is 0.615. The first-order chi connectivity index (χ1) is 9.00. The molecule has 1 aromatic rings. The number of thiophene rings is 1. The second-order valence-electron chi connectivity index (χ2n) is 5.21. The van der Waals surface area contributed by atoms with Crippen molar-refractivity contribution in [2.75, 3.05) is 26.2 Å². The van der Waals surface area contributed by atoms with Gasteiger partial charge < -0.3 is 10.6 Å². The van der Waals surface area contributed by atoms with Crippen LogP contribution in [-0.4, -0.2) is 42.5 Å². The van der Waals surface area contributed by atoms with Gasteiger partial charge in [-0.05, 0) is 35.8 Å². The lowest BCUT2D eigenvalue weighted by atomic mass is 10.0. The van der Waals surface area contributed by atoms with Crippen LogP contribution in [-0.2, 0) is 11.3 Å². The van der Waals surface area contributed by atoms with Crippen LogP contribution in [0.1, 0.15) is 18.7 Å². The van der Waals surface area contributed by atoms with Crippen LogP contribution in [0.2, 0.25) is 0 Å². The van der Waals surface area contributed by atoms with Crippen molar-refractivity contribution in [2.24, 2.45) is 0 Å². The maximum atomic E-state index is 12.4.